The Morgan fingerprint density at radius 2 is 1.57 bits per heavy atom. The number of amides is 1. The first-order valence-corrected chi connectivity index (χ1v) is 9.90. The third-order valence-electron chi connectivity index (χ3n) is 5.46. The van der Waals surface area contributed by atoms with Crippen LogP contribution in [0.3, 0.4) is 0 Å². The van der Waals surface area contributed by atoms with Gasteiger partial charge in [0, 0.05) is 16.9 Å². The summed E-state index contributed by atoms with van der Waals surface area (Å²) in [5, 5.41) is 3.11. The Morgan fingerprint density at radius 1 is 1.00 bits per heavy atom. The Hall–Kier alpha value is -2.66. The molecule has 1 fully saturated rings. The Morgan fingerprint density at radius 3 is 2.11 bits per heavy atom. The number of carbonyl (C=O) groups is 2. The van der Waals surface area contributed by atoms with E-state index in [4.69, 9.17) is 0 Å². The molecule has 1 heterocycles. The fourth-order valence-corrected chi connectivity index (χ4v) is 3.95. The Bertz CT molecular complexity index is 843. The summed E-state index contributed by atoms with van der Waals surface area (Å²) in [7, 11) is 0. The molecular weight excluding hydrogens is 350 g/mol. The molecule has 2 N–H and O–H groups in total. The van der Waals surface area contributed by atoms with Gasteiger partial charge in [0.2, 0.25) is 0 Å². The second kappa shape index (κ2) is 8.57. The smallest absolute Gasteiger partial charge is 0.279 e. The molecule has 0 saturated carbocycles. The van der Waals surface area contributed by atoms with Crippen molar-refractivity contribution in [3.05, 3.63) is 58.7 Å². The molecule has 0 unspecified atom stereocenters. The molecule has 5 heteroatoms. The molecular formula is C23H30N3O2+. The van der Waals surface area contributed by atoms with Gasteiger partial charge in [-0.3, -0.25) is 9.59 Å². The Kier molecular flexibility index (Phi) is 6.15. The largest absolute Gasteiger partial charge is 0.360 e. The van der Waals surface area contributed by atoms with Crippen LogP contribution < -0.4 is 15.1 Å². The first kappa shape index (κ1) is 20.1. The zero-order chi connectivity index (χ0) is 20.3. The van der Waals surface area contributed by atoms with Crippen molar-refractivity contribution in [3.63, 3.8) is 0 Å². The summed E-state index contributed by atoms with van der Waals surface area (Å²) in [5.74, 6) is 0.162. The van der Waals surface area contributed by atoms with Crippen LogP contribution in [0.25, 0.3) is 0 Å². The highest BCUT2D eigenvalue weighted by Gasteiger charge is 2.23. The van der Waals surface area contributed by atoms with Crippen LogP contribution in [-0.4, -0.2) is 44.4 Å². The van der Waals surface area contributed by atoms with E-state index in [1.807, 2.05) is 38.1 Å². The van der Waals surface area contributed by atoms with E-state index >= 15 is 0 Å². The van der Waals surface area contributed by atoms with Gasteiger partial charge in [0.15, 0.2) is 12.3 Å². The van der Waals surface area contributed by atoms with Crippen LogP contribution in [0, 0.1) is 20.8 Å². The zero-order valence-corrected chi connectivity index (χ0v) is 17.3. The minimum Gasteiger partial charge on any atom is -0.360 e. The summed E-state index contributed by atoms with van der Waals surface area (Å²) >= 11 is 0. The standard InChI is InChI=1S/C23H29N3O2/c1-16-13-17(2)23(18(3)14-16)24-22(28)15-25-9-11-26(12-10-25)21-7-5-20(6-8-21)19(4)27/h5-8,13-14H,9-12,15H2,1-4H3,(H,24,28)/p+1. The van der Waals surface area contributed by atoms with E-state index in [1.54, 1.807) is 6.92 Å². The number of nitrogens with zero attached hydrogens (tertiary/aromatic N) is 1. The van der Waals surface area contributed by atoms with E-state index in [2.05, 4.69) is 29.3 Å². The number of nitrogens with one attached hydrogen (secondary N) is 2. The number of anilines is 2. The minimum absolute atomic E-state index is 0.0734. The summed E-state index contributed by atoms with van der Waals surface area (Å²) in [5.41, 5.74) is 6.26. The molecule has 0 bridgehead atoms. The lowest BCUT2D eigenvalue weighted by Crippen LogP contribution is -3.15. The van der Waals surface area contributed by atoms with Crippen LogP contribution in [0.1, 0.15) is 34.0 Å². The molecule has 0 atom stereocenters. The molecule has 0 radical (unpaired) electrons. The van der Waals surface area contributed by atoms with Gasteiger partial charge >= 0.3 is 0 Å². The molecule has 1 aliphatic rings. The molecule has 1 amide bonds. The van der Waals surface area contributed by atoms with Crippen molar-refractivity contribution in [1.82, 2.24) is 0 Å². The molecule has 0 aliphatic carbocycles. The maximum atomic E-state index is 12.5. The highest BCUT2D eigenvalue weighted by molar-refractivity contribution is 5.94. The second-order valence-corrected chi connectivity index (χ2v) is 7.84. The van der Waals surface area contributed by atoms with Crippen molar-refractivity contribution in [2.75, 3.05) is 42.9 Å². The average Bonchev–Trinajstić information content (AvgIpc) is 2.65. The van der Waals surface area contributed by atoms with Crippen molar-refractivity contribution < 1.29 is 14.5 Å². The topological polar surface area (TPSA) is 53.9 Å². The average molecular weight is 381 g/mol. The first-order chi connectivity index (χ1) is 13.3. The van der Waals surface area contributed by atoms with Gasteiger partial charge in [-0.2, -0.15) is 0 Å². The lowest BCUT2D eigenvalue weighted by molar-refractivity contribution is -0.892. The summed E-state index contributed by atoms with van der Waals surface area (Å²) in [6.07, 6.45) is 0. The minimum atomic E-state index is 0.0734. The molecule has 2 aromatic rings. The first-order valence-electron chi connectivity index (χ1n) is 9.90. The normalized spacial score (nSPS) is 14.8. The molecule has 2 aromatic carbocycles. The summed E-state index contributed by atoms with van der Waals surface area (Å²) in [6, 6.07) is 12.0. The van der Waals surface area contributed by atoms with E-state index < -0.39 is 0 Å². The van der Waals surface area contributed by atoms with Crippen molar-refractivity contribution in [2.45, 2.75) is 27.7 Å². The highest BCUT2D eigenvalue weighted by atomic mass is 16.2. The SMILES string of the molecule is CC(=O)c1ccc(N2CC[NH+](CC(=O)Nc3c(C)cc(C)cc3C)CC2)cc1. The second-order valence-electron chi connectivity index (χ2n) is 7.84. The van der Waals surface area contributed by atoms with E-state index in [0.29, 0.717) is 6.54 Å². The third-order valence-corrected chi connectivity index (χ3v) is 5.46. The molecule has 1 saturated heterocycles. The number of hydrogen-bond acceptors (Lipinski definition) is 3. The lowest BCUT2D eigenvalue weighted by Gasteiger charge is -2.33. The van der Waals surface area contributed by atoms with Crippen LogP contribution in [0.2, 0.25) is 0 Å². The maximum Gasteiger partial charge on any atom is 0.279 e. The maximum absolute atomic E-state index is 12.5. The number of Topliss-reactive ketones (excluding diaryl/α,β-unsaturated/α-hetero) is 1. The number of quaternary nitrogens is 1. The van der Waals surface area contributed by atoms with Crippen LogP contribution in [0.15, 0.2) is 36.4 Å². The highest BCUT2D eigenvalue weighted by Crippen LogP contribution is 2.21. The number of benzene rings is 2. The van der Waals surface area contributed by atoms with Gasteiger partial charge in [-0.15, -0.1) is 0 Å². The van der Waals surface area contributed by atoms with E-state index in [-0.39, 0.29) is 11.7 Å². The van der Waals surface area contributed by atoms with Gasteiger partial charge in [0.05, 0.1) is 26.2 Å². The van der Waals surface area contributed by atoms with Gasteiger partial charge in [-0.1, -0.05) is 17.7 Å². The number of piperazine rings is 1. The predicted molar refractivity (Wildman–Crippen MR) is 114 cm³/mol. The molecule has 0 aromatic heterocycles. The van der Waals surface area contributed by atoms with Crippen molar-refractivity contribution in [2.24, 2.45) is 0 Å². The summed E-state index contributed by atoms with van der Waals surface area (Å²) in [4.78, 5) is 27.6. The number of rotatable bonds is 5. The molecule has 5 nitrogen and oxygen atoms in total. The Labute approximate surface area is 167 Å². The summed E-state index contributed by atoms with van der Waals surface area (Å²) in [6.45, 7) is 11.9. The van der Waals surface area contributed by atoms with Gasteiger partial charge < -0.3 is 15.1 Å². The Balaban J connectivity index is 1.53. The van der Waals surface area contributed by atoms with Gasteiger partial charge in [0.1, 0.15) is 0 Å². The lowest BCUT2D eigenvalue weighted by atomic mass is 10.1. The summed E-state index contributed by atoms with van der Waals surface area (Å²) < 4.78 is 0. The molecule has 148 valence electrons. The number of carbonyl (C=O) groups excluding carboxylic acids is 2. The number of hydrogen-bond donors (Lipinski definition) is 2. The fourth-order valence-electron chi connectivity index (χ4n) is 3.95. The third kappa shape index (κ3) is 4.78. The van der Waals surface area contributed by atoms with Gasteiger partial charge in [-0.25, -0.2) is 0 Å². The molecule has 3 rings (SSSR count). The van der Waals surface area contributed by atoms with Gasteiger partial charge in [0.25, 0.3) is 5.91 Å². The predicted octanol–water partition coefficient (Wildman–Crippen LogP) is 2.16. The zero-order valence-electron chi connectivity index (χ0n) is 17.3. The van der Waals surface area contributed by atoms with Crippen LogP contribution >= 0.6 is 0 Å². The number of ketones is 1. The quantitative estimate of drug-likeness (QED) is 0.782. The van der Waals surface area contributed by atoms with Crippen molar-refractivity contribution in [1.29, 1.82) is 0 Å². The van der Waals surface area contributed by atoms with Crippen molar-refractivity contribution >= 4 is 23.1 Å². The van der Waals surface area contributed by atoms with E-state index in [1.165, 1.54) is 10.5 Å². The van der Waals surface area contributed by atoms with Crippen LogP contribution in [0.5, 0.6) is 0 Å². The van der Waals surface area contributed by atoms with Crippen LogP contribution in [-0.2, 0) is 4.79 Å². The van der Waals surface area contributed by atoms with E-state index in [9.17, 15) is 9.59 Å². The molecule has 28 heavy (non-hydrogen) atoms. The molecule has 1 aliphatic heterocycles. The fraction of sp³-hybridized carbons (Fsp3) is 0.391. The molecule has 0 spiro atoms. The monoisotopic (exact) mass is 380 g/mol. The van der Waals surface area contributed by atoms with Crippen molar-refractivity contribution in [3.8, 4) is 0 Å². The van der Waals surface area contributed by atoms with Gasteiger partial charge in [-0.05, 0) is 63.1 Å². The van der Waals surface area contributed by atoms with Crippen LogP contribution in [0.4, 0.5) is 11.4 Å². The number of aryl methyl sites for hydroxylation is 3. The van der Waals surface area contributed by atoms with E-state index in [0.717, 1.165) is 54.2 Å².